The van der Waals surface area contributed by atoms with E-state index in [0.29, 0.717) is 17.6 Å². The number of imidazole rings is 1. The number of carbonyl (C=O) groups is 1. The topological polar surface area (TPSA) is 78.9 Å². The van der Waals surface area contributed by atoms with Gasteiger partial charge in [-0.2, -0.15) is 0 Å². The minimum Gasteiger partial charge on any atom is -0.321 e. The lowest BCUT2D eigenvalue weighted by atomic mass is 10.2. The Kier molecular flexibility index (Phi) is 4.58. The Bertz CT molecular complexity index is 855. The second-order valence-electron chi connectivity index (χ2n) is 6.59. The molecular formula is C16H24N4O3. The van der Waals surface area contributed by atoms with Crippen LogP contribution in [0.15, 0.2) is 15.9 Å². The van der Waals surface area contributed by atoms with Crippen LogP contribution in [0.2, 0.25) is 0 Å². The molecule has 7 nitrogen and oxygen atoms in total. The maximum absolute atomic E-state index is 12.8. The third kappa shape index (κ3) is 2.87. The molecule has 126 valence electrons. The van der Waals surface area contributed by atoms with Crippen molar-refractivity contribution >= 4 is 16.9 Å². The summed E-state index contributed by atoms with van der Waals surface area (Å²) in [6, 6.07) is -0.568. The minimum atomic E-state index is -0.357. The number of fused-ring (bicyclic) bond motifs is 1. The molecule has 7 heteroatoms. The van der Waals surface area contributed by atoms with E-state index in [9.17, 15) is 14.4 Å². The number of hydrogen-bond acceptors (Lipinski definition) is 4. The molecule has 0 bridgehead atoms. The lowest BCUT2D eigenvalue weighted by Crippen LogP contribution is -2.42. The van der Waals surface area contributed by atoms with Crippen molar-refractivity contribution in [3.63, 3.8) is 0 Å². The summed E-state index contributed by atoms with van der Waals surface area (Å²) in [4.78, 5) is 41.2. The Morgan fingerprint density at radius 3 is 2.13 bits per heavy atom. The standard InChI is InChI=1S/C16H24N4O3/c1-9(2)19-14-13(15(22)20(10(3)4)16(19)23)18(8-17-14)11(5)7-12(6)21/h8-11H,7H2,1-6H3. The molecule has 2 aromatic heterocycles. The van der Waals surface area contributed by atoms with Crippen molar-refractivity contribution in [1.82, 2.24) is 18.7 Å². The van der Waals surface area contributed by atoms with Gasteiger partial charge in [-0.3, -0.25) is 18.7 Å². The van der Waals surface area contributed by atoms with E-state index in [1.54, 1.807) is 24.7 Å². The molecule has 1 atom stereocenters. The van der Waals surface area contributed by atoms with Crippen LogP contribution >= 0.6 is 0 Å². The summed E-state index contributed by atoms with van der Waals surface area (Å²) in [5, 5.41) is 0. The summed E-state index contributed by atoms with van der Waals surface area (Å²) in [7, 11) is 0. The van der Waals surface area contributed by atoms with E-state index in [1.807, 2.05) is 20.8 Å². The highest BCUT2D eigenvalue weighted by Crippen LogP contribution is 2.19. The number of ketones is 1. The molecule has 0 radical (unpaired) electrons. The fourth-order valence-electron chi connectivity index (χ4n) is 2.91. The number of nitrogens with zero attached hydrogens (tertiary/aromatic N) is 4. The van der Waals surface area contributed by atoms with Gasteiger partial charge in [0.15, 0.2) is 11.2 Å². The molecule has 2 rings (SSSR count). The molecule has 23 heavy (non-hydrogen) atoms. The Balaban J connectivity index is 2.89. The van der Waals surface area contributed by atoms with Gasteiger partial charge in [0.25, 0.3) is 5.56 Å². The Morgan fingerprint density at radius 2 is 1.65 bits per heavy atom. The lowest BCUT2D eigenvalue weighted by Gasteiger charge is -2.18. The van der Waals surface area contributed by atoms with Crippen LogP contribution < -0.4 is 11.2 Å². The molecule has 0 aliphatic heterocycles. The Labute approximate surface area is 134 Å². The minimum absolute atomic E-state index is 0.0423. The van der Waals surface area contributed by atoms with Crippen LogP contribution in [0.3, 0.4) is 0 Å². The van der Waals surface area contributed by atoms with Crippen LogP contribution in [-0.4, -0.2) is 24.5 Å². The van der Waals surface area contributed by atoms with E-state index in [2.05, 4.69) is 4.98 Å². The highest BCUT2D eigenvalue weighted by molar-refractivity contribution is 5.76. The van der Waals surface area contributed by atoms with Gasteiger partial charge in [-0.1, -0.05) is 0 Å². The molecule has 0 amide bonds. The summed E-state index contributed by atoms with van der Waals surface area (Å²) >= 11 is 0. The van der Waals surface area contributed by atoms with E-state index < -0.39 is 0 Å². The van der Waals surface area contributed by atoms with Crippen molar-refractivity contribution in [2.45, 2.75) is 66.1 Å². The van der Waals surface area contributed by atoms with E-state index in [0.717, 1.165) is 0 Å². The van der Waals surface area contributed by atoms with Crippen LogP contribution in [0.5, 0.6) is 0 Å². The normalized spacial score (nSPS) is 13.2. The maximum atomic E-state index is 12.8. The van der Waals surface area contributed by atoms with E-state index in [1.165, 1.54) is 16.1 Å². The largest absolute Gasteiger partial charge is 0.333 e. The highest BCUT2D eigenvalue weighted by atomic mass is 16.2. The van der Waals surface area contributed by atoms with Crippen molar-refractivity contribution in [3.05, 3.63) is 27.2 Å². The van der Waals surface area contributed by atoms with Crippen LogP contribution in [0.1, 0.15) is 66.1 Å². The Hall–Kier alpha value is -2.18. The first kappa shape index (κ1) is 17.2. The van der Waals surface area contributed by atoms with Gasteiger partial charge in [-0.25, -0.2) is 9.78 Å². The molecule has 0 aliphatic carbocycles. The number of aromatic nitrogens is 4. The van der Waals surface area contributed by atoms with Gasteiger partial charge in [0, 0.05) is 24.5 Å². The van der Waals surface area contributed by atoms with Crippen LogP contribution in [0, 0.1) is 0 Å². The number of Topliss-reactive ketones (excluding diaryl/α,β-unsaturated/α-hetero) is 1. The molecule has 1 unspecified atom stereocenters. The van der Waals surface area contributed by atoms with Crippen LogP contribution in [0.25, 0.3) is 11.2 Å². The predicted molar refractivity (Wildman–Crippen MR) is 89.0 cm³/mol. The first-order valence-corrected chi connectivity index (χ1v) is 7.89. The second-order valence-corrected chi connectivity index (χ2v) is 6.59. The fraction of sp³-hybridized carbons (Fsp3) is 0.625. The molecule has 2 heterocycles. The average Bonchev–Trinajstić information content (AvgIpc) is 2.81. The first-order chi connectivity index (χ1) is 10.7. The zero-order valence-corrected chi connectivity index (χ0v) is 14.5. The molecule has 0 saturated heterocycles. The van der Waals surface area contributed by atoms with Crippen molar-refractivity contribution in [1.29, 1.82) is 0 Å². The lowest BCUT2D eigenvalue weighted by molar-refractivity contribution is -0.117. The third-order valence-corrected chi connectivity index (χ3v) is 3.93. The van der Waals surface area contributed by atoms with Crippen LogP contribution in [0.4, 0.5) is 0 Å². The van der Waals surface area contributed by atoms with Crippen LogP contribution in [-0.2, 0) is 4.79 Å². The molecule has 0 aliphatic rings. The summed E-state index contributed by atoms with van der Waals surface area (Å²) < 4.78 is 4.49. The molecule has 0 N–H and O–H groups in total. The van der Waals surface area contributed by atoms with E-state index in [-0.39, 0.29) is 35.2 Å². The fourth-order valence-corrected chi connectivity index (χ4v) is 2.91. The van der Waals surface area contributed by atoms with Gasteiger partial charge >= 0.3 is 5.69 Å². The van der Waals surface area contributed by atoms with Gasteiger partial charge in [-0.05, 0) is 41.5 Å². The highest BCUT2D eigenvalue weighted by Gasteiger charge is 2.22. The van der Waals surface area contributed by atoms with Gasteiger partial charge in [-0.15, -0.1) is 0 Å². The number of hydrogen-bond donors (Lipinski definition) is 0. The summed E-state index contributed by atoms with van der Waals surface area (Å²) in [6.07, 6.45) is 1.86. The second kappa shape index (κ2) is 6.14. The maximum Gasteiger partial charge on any atom is 0.333 e. The van der Waals surface area contributed by atoms with Gasteiger partial charge in [0.1, 0.15) is 5.78 Å². The van der Waals surface area contributed by atoms with E-state index >= 15 is 0 Å². The number of carbonyl (C=O) groups excluding carboxylic acids is 1. The monoisotopic (exact) mass is 320 g/mol. The van der Waals surface area contributed by atoms with Crippen molar-refractivity contribution in [2.75, 3.05) is 0 Å². The molecule has 0 fully saturated rings. The summed E-state index contributed by atoms with van der Waals surface area (Å²) in [5.74, 6) is 0.0423. The van der Waals surface area contributed by atoms with Gasteiger partial charge < -0.3 is 4.57 Å². The zero-order chi connectivity index (χ0) is 17.5. The predicted octanol–water partition coefficient (Wildman–Crippen LogP) is 2.06. The summed E-state index contributed by atoms with van der Waals surface area (Å²) in [5.41, 5.74) is 0.0461. The SMILES string of the molecule is CC(=O)CC(C)n1cnc2c1c(=O)n(C(C)C)c(=O)n2C(C)C. The van der Waals surface area contributed by atoms with Crippen molar-refractivity contribution in [2.24, 2.45) is 0 Å². The molecular weight excluding hydrogens is 296 g/mol. The summed E-state index contributed by atoms with van der Waals surface area (Å²) in [6.45, 7) is 10.8. The zero-order valence-electron chi connectivity index (χ0n) is 14.5. The van der Waals surface area contributed by atoms with Gasteiger partial charge in [0.05, 0.1) is 6.33 Å². The Morgan fingerprint density at radius 1 is 1.09 bits per heavy atom. The first-order valence-electron chi connectivity index (χ1n) is 7.89. The van der Waals surface area contributed by atoms with Crippen molar-refractivity contribution < 1.29 is 4.79 Å². The van der Waals surface area contributed by atoms with E-state index in [4.69, 9.17) is 0 Å². The molecule has 2 aromatic rings. The quantitative estimate of drug-likeness (QED) is 0.844. The van der Waals surface area contributed by atoms with Crippen molar-refractivity contribution in [3.8, 4) is 0 Å². The third-order valence-electron chi connectivity index (χ3n) is 3.93. The molecule has 0 aromatic carbocycles. The van der Waals surface area contributed by atoms with Gasteiger partial charge in [0.2, 0.25) is 0 Å². The average molecular weight is 320 g/mol. The number of rotatable bonds is 5. The molecule has 0 saturated carbocycles. The smallest absolute Gasteiger partial charge is 0.321 e. The molecule has 0 spiro atoms.